The van der Waals surface area contributed by atoms with Gasteiger partial charge in [0.1, 0.15) is 0 Å². The molecule has 2 unspecified atom stereocenters. The van der Waals surface area contributed by atoms with Gasteiger partial charge in [0.15, 0.2) is 0 Å². The summed E-state index contributed by atoms with van der Waals surface area (Å²) >= 11 is 0. The minimum absolute atomic E-state index is 0.241. The van der Waals surface area contributed by atoms with Crippen LogP contribution in [0.15, 0.2) is 0 Å². The molecule has 1 saturated heterocycles. The van der Waals surface area contributed by atoms with Gasteiger partial charge in [-0.2, -0.15) is 0 Å². The number of nitrogens with zero attached hydrogens (tertiary/aromatic N) is 1. The van der Waals surface area contributed by atoms with Crippen molar-refractivity contribution >= 4 is 5.91 Å². The van der Waals surface area contributed by atoms with E-state index < -0.39 is 0 Å². The van der Waals surface area contributed by atoms with Gasteiger partial charge in [0, 0.05) is 25.4 Å². The van der Waals surface area contributed by atoms with Crippen molar-refractivity contribution in [1.29, 1.82) is 0 Å². The summed E-state index contributed by atoms with van der Waals surface area (Å²) in [5, 5.41) is 9.34. The number of hydrogen-bond donors (Lipinski definition) is 1. The van der Waals surface area contributed by atoms with Gasteiger partial charge in [-0.3, -0.25) is 4.79 Å². The molecule has 0 radical (unpaired) electrons. The third-order valence-electron chi connectivity index (χ3n) is 2.72. The van der Waals surface area contributed by atoms with Crippen LogP contribution in [-0.4, -0.2) is 35.1 Å². The van der Waals surface area contributed by atoms with E-state index in [0.717, 1.165) is 25.9 Å². The monoisotopic (exact) mass is 185 g/mol. The highest BCUT2D eigenvalue weighted by Crippen LogP contribution is 2.20. The quantitative estimate of drug-likeness (QED) is 0.713. The van der Waals surface area contributed by atoms with Crippen LogP contribution in [0.5, 0.6) is 0 Å². The maximum absolute atomic E-state index is 11.5. The van der Waals surface area contributed by atoms with E-state index in [1.165, 1.54) is 0 Å². The molecular weight excluding hydrogens is 166 g/mol. The smallest absolute Gasteiger partial charge is 0.222 e. The number of amides is 1. The number of carbonyl (C=O) groups excluding carboxylic acids is 1. The van der Waals surface area contributed by atoms with E-state index in [1.54, 1.807) is 6.92 Å². The van der Waals surface area contributed by atoms with Crippen molar-refractivity contribution in [3.8, 4) is 0 Å². The van der Waals surface area contributed by atoms with E-state index in [-0.39, 0.29) is 12.0 Å². The lowest BCUT2D eigenvalue weighted by atomic mass is 10.0. The first-order valence-electron chi connectivity index (χ1n) is 5.11. The van der Waals surface area contributed by atoms with E-state index >= 15 is 0 Å². The van der Waals surface area contributed by atoms with Crippen LogP contribution in [0.25, 0.3) is 0 Å². The number of rotatable bonds is 3. The van der Waals surface area contributed by atoms with Gasteiger partial charge in [-0.1, -0.05) is 6.92 Å². The van der Waals surface area contributed by atoms with Gasteiger partial charge in [0.2, 0.25) is 5.91 Å². The molecule has 0 saturated carbocycles. The maximum atomic E-state index is 11.5. The number of aliphatic hydroxyl groups is 1. The molecule has 0 aromatic rings. The lowest BCUT2D eigenvalue weighted by Crippen LogP contribution is -2.29. The fourth-order valence-corrected chi connectivity index (χ4v) is 1.78. The van der Waals surface area contributed by atoms with E-state index in [4.69, 9.17) is 0 Å². The van der Waals surface area contributed by atoms with Crippen molar-refractivity contribution in [3.05, 3.63) is 0 Å². The highest BCUT2D eigenvalue weighted by atomic mass is 16.3. The molecule has 3 nitrogen and oxygen atoms in total. The number of aliphatic hydroxyl groups excluding tert-OH is 1. The van der Waals surface area contributed by atoms with E-state index in [1.807, 2.05) is 11.8 Å². The van der Waals surface area contributed by atoms with Gasteiger partial charge in [0.25, 0.3) is 0 Å². The highest BCUT2D eigenvalue weighted by Gasteiger charge is 2.28. The SMILES string of the molecule is CCCC(=O)N1CCC(C(C)O)C1. The predicted molar refractivity (Wildman–Crippen MR) is 51.3 cm³/mol. The fourth-order valence-electron chi connectivity index (χ4n) is 1.78. The molecule has 1 N–H and O–H groups in total. The number of likely N-dealkylation sites (tertiary alicyclic amines) is 1. The normalized spacial score (nSPS) is 24.8. The van der Waals surface area contributed by atoms with Crippen molar-refractivity contribution < 1.29 is 9.90 Å². The first-order valence-corrected chi connectivity index (χ1v) is 5.11. The summed E-state index contributed by atoms with van der Waals surface area (Å²) in [6.45, 7) is 5.39. The van der Waals surface area contributed by atoms with Crippen molar-refractivity contribution in [2.45, 2.75) is 39.2 Å². The lowest BCUT2D eigenvalue weighted by molar-refractivity contribution is -0.130. The molecule has 0 aliphatic carbocycles. The molecule has 0 aromatic heterocycles. The average Bonchev–Trinajstić information content (AvgIpc) is 2.52. The van der Waals surface area contributed by atoms with Crippen LogP contribution in [0.4, 0.5) is 0 Å². The molecule has 13 heavy (non-hydrogen) atoms. The molecule has 0 spiro atoms. The van der Waals surface area contributed by atoms with Gasteiger partial charge in [-0.05, 0) is 19.8 Å². The average molecular weight is 185 g/mol. The Labute approximate surface area is 79.7 Å². The Kier molecular flexibility index (Phi) is 3.72. The van der Waals surface area contributed by atoms with E-state index in [2.05, 4.69) is 0 Å². The van der Waals surface area contributed by atoms with Crippen LogP contribution in [0.2, 0.25) is 0 Å². The van der Waals surface area contributed by atoms with Gasteiger partial charge < -0.3 is 10.0 Å². The van der Waals surface area contributed by atoms with Crippen LogP contribution in [-0.2, 0) is 4.79 Å². The van der Waals surface area contributed by atoms with Gasteiger partial charge in [0.05, 0.1) is 6.10 Å². The molecule has 0 aromatic carbocycles. The molecule has 1 amide bonds. The first-order chi connectivity index (χ1) is 6.15. The largest absolute Gasteiger partial charge is 0.393 e. The summed E-state index contributed by atoms with van der Waals surface area (Å²) in [5.41, 5.74) is 0. The van der Waals surface area contributed by atoms with Gasteiger partial charge >= 0.3 is 0 Å². The van der Waals surface area contributed by atoms with Crippen molar-refractivity contribution in [3.63, 3.8) is 0 Å². The van der Waals surface area contributed by atoms with Gasteiger partial charge in [-0.25, -0.2) is 0 Å². The molecule has 3 heteroatoms. The van der Waals surface area contributed by atoms with Crippen LogP contribution in [0.3, 0.4) is 0 Å². The summed E-state index contributed by atoms with van der Waals surface area (Å²) in [6.07, 6.45) is 2.23. The minimum atomic E-state index is -0.278. The Morgan fingerprint density at radius 2 is 2.38 bits per heavy atom. The van der Waals surface area contributed by atoms with Crippen LogP contribution >= 0.6 is 0 Å². The fraction of sp³-hybridized carbons (Fsp3) is 0.900. The molecule has 76 valence electrons. The van der Waals surface area contributed by atoms with Crippen molar-refractivity contribution in [2.24, 2.45) is 5.92 Å². The van der Waals surface area contributed by atoms with Crippen LogP contribution in [0, 0.1) is 5.92 Å². The first kappa shape index (κ1) is 10.5. The summed E-state index contributed by atoms with van der Waals surface area (Å²) < 4.78 is 0. The zero-order valence-corrected chi connectivity index (χ0v) is 8.49. The second kappa shape index (κ2) is 4.61. The molecule has 1 heterocycles. The topological polar surface area (TPSA) is 40.5 Å². The Morgan fingerprint density at radius 3 is 2.85 bits per heavy atom. The maximum Gasteiger partial charge on any atom is 0.222 e. The van der Waals surface area contributed by atoms with Crippen LogP contribution in [0.1, 0.15) is 33.1 Å². The Morgan fingerprint density at radius 1 is 1.69 bits per heavy atom. The minimum Gasteiger partial charge on any atom is -0.393 e. The summed E-state index contributed by atoms with van der Waals surface area (Å²) in [4.78, 5) is 13.3. The zero-order chi connectivity index (χ0) is 9.84. The molecule has 1 aliphatic heterocycles. The Hall–Kier alpha value is -0.570. The van der Waals surface area contributed by atoms with Crippen molar-refractivity contribution in [1.82, 2.24) is 4.90 Å². The summed E-state index contributed by atoms with van der Waals surface area (Å²) in [5.74, 6) is 0.534. The molecule has 1 fully saturated rings. The second-order valence-electron chi connectivity index (χ2n) is 3.88. The van der Waals surface area contributed by atoms with Gasteiger partial charge in [-0.15, -0.1) is 0 Å². The molecule has 2 atom stereocenters. The molecule has 1 rings (SSSR count). The third kappa shape index (κ3) is 2.69. The molecular formula is C10H19NO2. The number of hydrogen-bond acceptors (Lipinski definition) is 2. The second-order valence-corrected chi connectivity index (χ2v) is 3.88. The van der Waals surface area contributed by atoms with E-state index in [9.17, 15) is 9.90 Å². The Bertz CT molecular complexity index is 180. The third-order valence-corrected chi connectivity index (χ3v) is 2.72. The highest BCUT2D eigenvalue weighted by molar-refractivity contribution is 5.76. The zero-order valence-electron chi connectivity index (χ0n) is 8.49. The lowest BCUT2D eigenvalue weighted by Gasteiger charge is -2.17. The van der Waals surface area contributed by atoms with E-state index in [0.29, 0.717) is 12.3 Å². The van der Waals surface area contributed by atoms with Crippen molar-refractivity contribution in [2.75, 3.05) is 13.1 Å². The number of carbonyl (C=O) groups is 1. The summed E-state index contributed by atoms with van der Waals surface area (Å²) in [6, 6.07) is 0. The van der Waals surface area contributed by atoms with Crippen LogP contribution < -0.4 is 0 Å². The molecule has 0 bridgehead atoms. The standard InChI is InChI=1S/C10H19NO2/c1-3-4-10(13)11-6-5-9(7-11)8(2)12/h8-9,12H,3-7H2,1-2H3. The Balaban J connectivity index is 2.36. The molecule has 1 aliphatic rings. The summed E-state index contributed by atoms with van der Waals surface area (Å²) in [7, 11) is 0. The predicted octanol–water partition coefficient (Wildman–Crippen LogP) is 1.02.